The first kappa shape index (κ1) is 42.0. The standard InChI is InChI=1S/C58H62N4O/c1-55(2,3)40-22-24-48-49-25-23-46(36-53(49)62(52(48)33-40)54-34-41(26-27-59-54)56(4,5)6)63-47-32-43(58(10,11)12)31-45(35-47)61-37-60(50-20-16-17-21-51(50)61)44-29-39(38-18-14-13-15-19-38)28-42(30-44)57(7,8)9/h13-36H,37H2,1-12H3. The molecule has 5 heteroatoms. The highest BCUT2D eigenvalue weighted by atomic mass is 16.5. The molecule has 320 valence electrons. The highest BCUT2D eigenvalue weighted by molar-refractivity contribution is 6.09. The largest absolute Gasteiger partial charge is 0.457 e. The second-order valence-corrected chi connectivity index (χ2v) is 21.6. The van der Waals surface area contributed by atoms with Crippen molar-refractivity contribution in [1.29, 1.82) is 0 Å². The molecule has 0 saturated carbocycles. The molecule has 0 radical (unpaired) electrons. The predicted molar refractivity (Wildman–Crippen MR) is 267 cm³/mol. The summed E-state index contributed by atoms with van der Waals surface area (Å²) in [5.41, 5.74) is 14.2. The molecule has 0 unspecified atom stereocenters. The number of ether oxygens (including phenoxy) is 1. The Hall–Kier alpha value is -6.33. The van der Waals surface area contributed by atoms with Crippen molar-refractivity contribution in [3.63, 3.8) is 0 Å². The zero-order valence-electron chi connectivity index (χ0n) is 39.3. The number of nitrogens with zero attached hydrogens (tertiary/aromatic N) is 4. The topological polar surface area (TPSA) is 33.5 Å². The SMILES string of the molecule is CC(C)(C)c1cc(Oc2ccc3c4ccc(C(C)(C)C)cc4n(-c4cc(C(C)(C)C)ccn4)c3c2)cc(N2CN(c3cc(-c4ccccc4)cc(C(C)(C)C)c3)c3ccccc32)c1. The van der Waals surface area contributed by atoms with Gasteiger partial charge in [-0.3, -0.25) is 4.57 Å². The van der Waals surface area contributed by atoms with Gasteiger partial charge in [-0.25, -0.2) is 4.98 Å². The van der Waals surface area contributed by atoms with E-state index in [1.165, 1.54) is 61.2 Å². The van der Waals surface area contributed by atoms with Crippen LogP contribution in [-0.2, 0) is 21.7 Å². The Morgan fingerprint density at radius 3 is 1.59 bits per heavy atom. The third kappa shape index (κ3) is 8.10. The lowest BCUT2D eigenvalue weighted by molar-refractivity contribution is 0.479. The van der Waals surface area contributed by atoms with Gasteiger partial charge < -0.3 is 14.5 Å². The Morgan fingerprint density at radius 1 is 0.429 bits per heavy atom. The average Bonchev–Trinajstić information content (AvgIpc) is 3.78. The van der Waals surface area contributed by atoms with Crippen LogP contribution in [0.1, 0.15) is 105 Å². The van der Waals surface area contributed by atoms with Gasteiger partial charge in [-0.15, -0.1) is 0 Å². The smallest absolute Gasteiger partial charge is 0.137 e. The molecule has 6 aromatic carbocycles. The molecule has 3 heterocycles. The van der Waals surface area contributed by atoms with E-state index >= 15 is 0 Å². The summed E-state index contributed by atoms with van der Waals surface area (Å²) in [5.74, 6) is 2.49. The fourth-order valence-electron chi connectivity index (χ4n) is 8.80. The number of rotatable bonds is 6. The van der Waals surface area contributed by atoms with Gasteiger partial charge in [0.25, 0.3) is 0 Å². The molecule has 0 atom stereocenters. The van der Waals surface area contributed by atoms with Gasteiger partial charge in [-0.2, -0.15) is 0 Å². The fourth-order valence-corrected chi connectivity index (χ4v) is 8.80. The number of para-hydroxylation sites is 2. The van der Waals surface area contributed by atoms with Crippen molar-refractivity contribution in [2.45, 2.75) is 105 Å². The van der Waals surface area contributed by atoms with Crippen molar-refractivity contribution in [1.82, 2.24) is 9.55 Å². The van der Waals surface area contributed by atoms with Gasteiger partial charge in [0, 0.05) is 40.5 Å². The van der Waals surface area contributed by atoms with E-state index < -0.39 is 0 Å². The van der Waals surface area contributed by atoms with Gasteiger partial charge >= 0.3 is 0 Å². The van der Waals surface area contributed by atoms with Crippen molar-refractivity contribution in [2.75, 3.05) is 16.5 Å². The maximum atomic E-state index is 7.01. The monoisotopic (exact) mass is 830 g/mol. The zero-order valence-corrected chi connectivity index (χ0v) is 39.3. The molecule has 8 aromatic rings. The van der Waals surface area contributed by atoms with Gasteiger partial charge in [-0.1, -0.05) is 144 Å². The summed E-state index contributed by atoms with van der Waals surface area (Å²) in [4.78, 5) is 9.89. The molecule has 9 rings (SSSR count). The molecule has 2 aromatic heterocycles. The van der Waals surface area contributed by atoms with Gasteiger partial charge in [-0.05, 0) is 122 Å². The zero-order chi connectivity index (χ0) is 44.6. The molecule has 1 aliphatic heterocycles. The molecule has 63 heavy (non-hydrogen) atoms. The highest BCUT2D eigenvalue weighted by Gasteiger charge is 2.31. The van der Waals surface area contributed by atoms with Crippen LogP contribution in [0.4, 0.5) is 22.7 Å². The summed E-state index contributed by atoms with van der Waals surface area (Å²) in [6, 6.07) is 51.2. The molecule has 0 amide bonds. The Bertz CT molecular complexity index is 3000. The van der Waals surface area contributed by atoms with Crippen LogP contribution in [-0.4, -0.2) is 16.2 Å². The molecule has 0 spiro atoms. The quantitative estimate of drug-likeness (QED) is 0.167. The van der Waals surface area contributed by atoms with Crippen LogP contribution >= 0.6 is 0 Å². The first-order chi connectivity index (χ1) is 29.7. The van der Waals surface area contributed by atoms with Gasteiger partial charge in [0.15, 0.2) is 0 Å². The molecule has 0 saturated heterocycles. The van der Waals surface area contributed by atoms with Crippen LogP contribution in [0.15, 0.2) is 146 Å². The number of benzene rings is 6. The number of pyridine rings is 1. The Balaban J connectivity index is 1.15. The lowest BCUT2D eigenvalue weighted by Gasteiger charge is -2.27. The van der Waals surface area contributed by atoms with Gasteiger partial charge in [0.05, 0.1) is 22.4 Å². The van der Waals surface area contributed by atoms with Crippen molar-refractivity contribution >= 4 is 44.6 Å². The third-order valence-electron chi connectivity index (χ3n) is 12.7. The van der Waals surface area contributed by atoms with E-state index in [2.05, 4.69) is 237 Å². The maximum Gasteiger partial charge on any atom is 0.137 e. The van der Waals surface area contributed by atoms with Crippen LogP contribution in [0.5, 0.6) is 11.5 Å². The van der Waals surface area contributed by atoms with E-state index in [4.69, 9.17) is 9.72 Å². The van der Waals surface area contributed by atoms with Crippen molar-refractivity contribution in [2.24, 2.45) is 0 Å². The summed E-state index contributed by atoms with van der Waals surface area (Å²) in [6.45, 7) is 28.0. The van der Waals surface area contributed by atoms with E-state index in [-0.39, 0.29) is 21.7 Å². The Labute approximate surface area is 375 Å². The molecule has 5 nitrogen and oxygen atoms in total. The molecule has 0 fully saturated rings. The third-order valence-corrected chi connectivity index (χ3v) is 12.7. The number of hydrogen-bond acceptors (Lipinski definition) is 4. The maximum absolute atomic E-state index is 7.01. The minimum atomic E-state index is -0.121. The summed E-state index contributed by atoms with van der Waals surface area (Å²) >= 11 is 0. The summed E-state index contributed by atoms with van der Waals surface area (Å²) in [7, 11) is 0. The molecule has 0 bridgehead atoms. The van der Waals surface area contributed by atoms with Crippen LogP contribution in [0.2, 0.25) is 0 Å². The molecular weight excluding hydrogens is 769 g/mol. The predicted octanol–water partition coefficient (Wildman–Crippen LogP) is 16.1. The molecule has 1 aliphatic rings. The van der Waals surface area contributed by atoms with Crippen LogP contribution in [0.3, 0.4) is 0 Å². The summed E-state index contributed by atoms with van der Waals surface area (Å²) in [6.07, 6.45) is 1.95. The average molecular weight is 831 g/mol. The Kier molecular flexibility index (Phi) is 10.1. The minimum Gasteiger partial charge on any atom is -0.457 e. The van der Waals surface area contributed by atoms with Crippen molar-refractivity contribution in [3.05, 3.63) is 168 Å². The van der Waals surface area contributed by atoms with Crippen LogP contribution < -0.4 is 14.5 Å². The molecular formula is C58H62N4O. The number of fused-ring (bicyclic) bond motifs is 4. The molecule has 0 aliphatic carbocycles. The lowest BCUT2D eigenvalue weighted by atomic mass is 9.85. The number of anilines is 4. The first-order valence-corrected chi connectivity index (χ1v) is 22.5. The second-order valence-electron chi connectivity index (χ2n) is 21.6. The lowest BCUT2D eigenvalue weighted by Crippen LogP contribution is -2.25. The van der Waals surface area contributed by atoms with Crippen molar-refractivity contribution < 1.29 is 4.74 Å². The fraction of sp³-hybridized carbons (Fsp3) is 0.293. The van der Waals surface area contributed by atoms with E-state index in [0.717, 1.165) is 34.0 Å². The number of hydrogen-bond donors (Lipinski definition) is 0. The summed E-state index contributed by atoms with van der Waals surface area (Å²) in [5, 5.41) is 2.37. The van der Waals surface area contributed by atoms with E-state index in [1.807, 2.05) is 6.20 Å². The summed E-state index contributed by atoms with van der Waals surface area (Å²) < 4.78 is 9.33. The van der Waals surface area contributed by atoms with E-state index in [1.54, 1.807) is 0 Å². The van der Waals surface area contributed by atoms with E-state index in [9.17, 15) is 0 Å². The van der Waals surface area contributed by atoms with E-state index in [0.29, 0.717) is 6.67 Å². The Morgan fingerprint density at radius 2 is 0.968 bits per heavy atom. The minimum absolute atomic E-state index is 0.00529. The van der Waals surface area contributed by atoms with Gasteiger partial charge in [0.2, 0.25) is 0 Å². The number of aromatic nitrogens is 2. The normalized spacial score (nSPS) is 13.6. The molecule has 0 N–H and O–H groups in total. The van der Waals surface area contributed by atoms with Crippen LogP contribution in [0, 0.1) is 0 Å². The van der Waals surface area contributed by atoms with Crippen molar-refractivity contribution in [3.8, 4) is 28.4 Å². The highest BCUT2D eigenvalue weighted by Crippen LogP contribution is 2.48. The first-order valence-electron chi connectivity index (χ1n) is 22.5. The van der Waals surface area contributed by atoms with Crippen LogP contribution in [0.25, 0.3) is 38.8 Å². The van der Waals surface area contributed by atoms with Gasteiger partial charge in [0.1, 0.15) is 24.0 Å². The second kappa shape index (κ2) is 15.2.